The molecule has 0 saturated carbocycles. The first-order chi connectivity index (χ1) is 33.3. The molecule has 0 unspecified atom stereocenters. The van der Waals surface area contributed by atoms with Gasteiger partial charge in [0.1, 0.15) is 28.7 Å². The minimum absolute atomic E-state index is 0.165. The van der Waals surface area contributed by atoms with Gasteiger partial charge in [-0.15, -0.1) is 5.10 Å². The van der Waals surface area contributed by atoms with E-state index in [-0.39, 0.29) is 11.5 Å². The molecule has 0 bridgehead atoms. The van der Waals surface area contributed by atoms with E-state index in [0.29, 0.717) is 60.3 Å². The number of benzene rings is 6. The zero-order valence-electron chi connectivity index (χ0n) is 37.9. The van der Waals surface area contributed by atoms with Crippen LogP contribution in [0.5, 0.6) is 23.0 Å². The van der Waals surface area contributed by atoms with Gasteiger partial charge in [-0.1, -0.05) is 79.9 Å². The highest BCUT2D eigenvalue weighted by molar-refractivity contribution is 6.14. The summed E-state index contributed by atoms with van der Waals surface area (Å²) in [5.74, 6) is -0.485. The maximum Gasteiger partial charge on any atom is 0.343 e. The first-order valence-electron chi connectivity index (χ1n) is 22.6. The standard InChI is InChI=1S/C56H54N2O10/c1-3-52(59)65-36-16-7-5-14-34-63-48-28-24-43(25-29-48)55(61)67-50-32-33-51(68-56(62)44-26-30-49(31-27-44)64-35-15-6-8-17-37-66-53(60)4-2)47(39-50)40-57-58-54(42-19-10-9-11-20-42)46-23-22-41-18-12-13-21-45(41)38-46/h3-4,9-13,18-33,38-40H,1-2,5-8,14-17,34-37H2. The molecule has 6 aromatic carbocycles. The Morgan fingerprint density at radius 2 is 0.956 bits per heavy atom. The van der Waals surface area contributed by atoms with Crippen molar-refractivity contribution in [2.45, 2.75) is 51.4 Å². The van der Waals surface area contributed by atoms with E-state index in [1.54, 1.807) is 60.7 Å². The molecule has 0 aromatic heterocycles. The van der Waals surface area contributed by atoms with Gasteiger partial charge in [0.2, 0.25) is 0 Å². The SMILES string of the molecule is C=CC(=O)OCCCCCCOc1ccc(C(=O)Oc2ccc(OC(=O)c3ccc(OCCCCCCOC(=O)C=C)cc3)c(C=NN=C(c3ccccc3)c3ccc4ccccc4c3)c2)cc1. The van der Waals surface area contributed by atoms with Crippen LogP contribution in [0.3, 0.4) is 0 Å². The molecule has 0 spiro atoms. The van der Waals surface area contributed by atoms with Gasteiger partial charge in [-0.05, 0) is 135 Å². The van der Waals surface area contributed by atoms with Crippen LogP contribution in [0.25, 0.3) is 10.8 Å². The molecule has 0 heterocycles. The molecule has 348 valence electrons. The van der Waals surface area contributed by atoms with Crippen LogP contribution < -0.4 is 18.9 Å². The molecule has 0 N–H and O–H groups in total. The molecule has 12 nitrogen and oxygen atoms in total. The highest BCUT2D eigenvalue weighted by Gasteiger charge is 2.16. The second-order valence-corrected chi connectivity index (χ2v) is 15.4. The molecule has 0 aliphatic rings. The highest BCUT2D eigenvalue weighted by atomic mass is 16.5. The minimum Gasteiger partial charge on any atom is -0.494 e. The number of nitrogens with zero attached hydrogens (tertiary/aromatic N) is 2. The minimum atomic E-state index is -0.619. The number of fused-ring (bicyclic) bond motifs is 1. The lowest BCUT2D eigenvalue weighted by Crippen LogP contribution is -2.11. The van der Waals surface area contributed by atoms with E-state index in [1.165, 1.54) is 12.3 Å². The molecule has 0 saturated heterocycles. The lowest BCUT2D eigenvalue weighted by atomic mass is 9.99. The third-order valence-corrected chi connectivity index (χ3v) is 10.4. The van der Waals surface area contributed by atoms with Crippen LogP contribution >= 0.6 is 0 Å². The normalized spacial score (nSPS) is 11.1. The van der Waals surface area contributed by atoms with Crippen molar-refractivity contribution in [1.82, 2.24) is 0 Å². The zero-order valence-corrected chi connectivity index (χ0v) is 37.9. The predicted molar refractivity (Wildman–Crippen MR) is 263 cm³/mol. The summed E-state index contributed by atoms with van der Waals surface area (Å²) >= 11 is 0. The van der Waals surface area contributed by atoms with Crippen molar-refractivity contribution in [1.29, 1.82) is 0 Å². The van der Waals surface area contributed by atoms with Gasteiger partial charge >= 0.3 is 23.9 Å². The maximum absolute atomic E-state index is 13.5. The third-order valence-electron chi connectivity index (χ3n) is 10.4. The number of unbranched alkanes of at least 4 members (excludes halogenated alkanes) is 6. The molecule has 0 aliphatic heterocycles. The van der Waals surface area contributed by atoms with Crippen molar-refractivity contribution < 1.29 is 47.6 Å². The van der Waals surface area contributed by atoms with E-state index in [1.807, 2.05) is 66.7 Å². The fraction of sp³-hybridized carbons (Fsp3) is 0.214. The smallest absolute Gasteiger partial charge is 0.343 e. The van der Waals surface area contributed by atoms with E-state index >= 15 is 0 Å². The predicted octanol–water partition coefficient (Wildman–Crippen LogP) is 11.5. The first-order valence-corrected chi connectivity index (χ1v) is 22.6. The van der Waals surface area contributed by atoms with Gasteiger partial charge < -0.3 is 28.4 Å². The Bertz CT molecular complexity index is 2690. The Kier molecular flexibility index (Phi) is 19.4. The summed E-state index contributed by atoms with van der Waals surface area (Å²) in [6.07, 6.45) is 10.5. The Labute approximate surface area is 396 Å². The fourth-order valence-electron chi connectivity index (χ4n) is 6.81. The summed E-state index contributed by atoms with van der Waals surface area (Å²) in [4.78, 5) is 49.2. The molecule has 12 heteroatoms. The largest absolute Gasteiger partial charge is 0.494 e. The highest BCUT2D eigenvalue weighted by Crippen LogP contribution is 2.27. The van der Waals surface area contributed by atoms with Gasteiger partial charge in [-0.3, -0.25) is 0 Å². The Balaban J connectivity index is 1.13. The van der Waals surface area contributed by atoms with Crippen LogP contribution in [-0.2, 0) is 19.1 Å². The molecule has 0 fully saturated rings. The monoisotopic (exact) mass is 914 g/mol. The third kappa shape index (κ3) is 15.8. The Morgan fingerprint density at radius 3 is 1.53 bits per heavy atom. The lowest BCUT2D eigenvalue weighted by Gasteiger charge is -2.11. The van der Waals surface area contributed by atoms with Gasteiger partial charge in [0.05, 0.1) is 43.8 Å². The van der Waals surface area contributed by atoms with Gasteiger partial charge in [-0.25, -0.2) is 19.2 Å². The van der Waals surface area contributed by atoms with Gasteiger partial charge in [0.25, 0.3) is 0 Å². The van der Waals surface area contributed by atoms with Crippen molar-refractivity contribution in [3.8, 4) is 23.0 Å². The van der Waals surface area contributed by atoms with Crippen LogP contribution in [0.2, 0.25) is 0 Å². The van der Waals surface area contributed by atoms with E-state index in [9.17, 15) is 19.2 Å². The summed E-state index contributed by atoms with van der Waals surface area (Å²) in [6.45, 7) is 8.49. The fourth-order valence-corrected chi connectivity index (χ4v) is 6.81. The van der Waals surface area contributed by atoms with Crippen LogP contribution in [0, 0.1) is 0 Å². The van der Waals surface area contributed by atoms with E-state index in [4.69, 9.17) is 28.4 Å². The number of carbonyl (C=O) groups excluding carboxylic acids is 4. The van der Waals surface area contributed by atoms with Crippen LogP contribution in [0.1, 0.15) is 88.8 Å². The number of hydrogen-bond acceptors (Lipinski definition) is 12. The van der Waals surface area contributed by atoms with Crippen molar-refractivity contribution in [2.75, 3.05) is 26.4 Å². The van der Waals surface area contributed by atoms with E-state index in [0.717, 1.165) is 85.4 Å². The molecular weight excluding hydrogens is 861 g/mol. The topological polar surface area (TPSA) is 148 Å². The molecule has 0 atom stereocenters. The lowest BCUT2D eigenvalue weighted by molar-refractivity contribution is -0.138. The Hall–Kier alpha value is -8.12. The van der Waals surface area contributed by atoms with E-state index in [2.05, 4.69) is 29.4 Å². The number of ether oxygens (including phenoxy) is 6. The van der Waals surface area contributed by atoms with Crippen LogP contribution in [-0.4, -0.2) is 62.2 Å². The molecule has 68 heavy (non-hydrogen) atoms. The summed E-state index contributed by atoms with van der Waals surface area (Å²) < 4.78 is 33.4. The first kappa shape index (κ1) is 49.3. The molecule has 0 radical (unpaired) electrons. The van der Waals surface area contributed by atoms with Crippen molar-refractivity contribution in [2.24, 2.45) is 10.2 Å². The molecular formula is C56H54N2O10. The van der Waals surface area contributed by atoms with Crippen LogP contribution in [0.15, 0.2) is 175 Å². The van der Waals surface area contributed by atoms with Crippen molar-refractivity contribution in [3.63, 3.8) is 0 Å². The van der Waals surface area contributed by atoms with Gasteiger partial charge in [0, 0.05) is 28.8 Å². The summed E-state index contributed by atoms with van der Waals surface area (Å²) in [6, 6.07) is 41.8. The molecule has 0 amide bonds. The number of esters is 4. The second-order valence-electron chi connectivity index (χ2n) is 15.4. The zero-order chi connectivity index (χ0) is 47.8. The average Bonchev–Trinajstić information content (AvgIpc) is 3.37. The molecule has 6 rings (SSSR count). The van der Waals surface area contributed by atoms with Crippen LogP contribution in [0.4, 0.5) is 0 Å². The van der Waals surface area contributed by atoms with Gasteiger partial charge in [-0.2, -0.15) is 5.10 Å². The maximum atomic E-state index is 13.5. The van der Waals surface area contributed by atoms with Crippen molar-refractivity contribution >= 4 is 46.6 Å². The summed E-state index contributed by atoms with van der Waals surface area (Å²) in [5, 5.41) is 11.3. The number of rotatable bonds is 26. The molecule has 0 aliphatic carbocycles. The quantitative estimate of drug-likeness (QED) is 0.0129. The average molecular weight is 915 g/mol. The van der Waals surface area contributed by atoms with Crippen molar-refractivity contribution in [3.05, 3.63) is 193 Å². The Morgan fingerprint density at radius 1 is 0.456 bits per heavy atom. The number of carbonyl (C=O) groups is 4. The van der Waals surface area contributed by atoms with Gasteiger partial charge in [0.15, 0.2) is 0 Å². The number of hydrogen-bond donors (Lipinski definition) is 0. The summed E-state index contributed by atoms with van der Waals surface area (Å²) in [5.41, 5.74) is 3.26. The van der Waals surface area contributed by atoms with E-state index < -0.39 is 23.9 Å². The molecule has 6 aromatic rings. The summed E-state index contributed by atoms with van der Waals surface area (Å²) in [7, 11) is 0. The second kappa shape index (κ2) is 26.7.